The van der Waals surface area contributed by atoms with Gasteiger partial charge in [-0.3, -0.25) is 0 Å². The highest BCUT2D eigenvalue weighted by atomic mass is 16.5. The highest BCUT2D eigenvalue weighted by molar-refractivity contribution is 4.81. The van der Waals surface area contributed by atoms with Gasteiger partial charge in [-0.05, 0) is 37.6 Å². The number of piperidine rings is 1. The van der Waals surface area contributed by atoms with Crippen molar-refractivity contribution in [3.63, 3.8) is 0 Å². The first-order valence-corrected chi connectivity index (χ1v) is 7.17. The van der Waals surface area contributed by atoms with Gasteiger partial charge in [0.25, 0.3) is 0 Å². The van der Waals surface area contributed by atoms with Crippen LogP contribution in [-0.2, 0) is 4.74 Å². The van der Waals surface area contributed by atoms with E-state index in [0.717, 1.165) is 18.4 Å². The van der Waals surface area contributed by atoms with Gasteiger partial charge in [0.2, 0.25) is 0 Å². The zero-order valence-corrected chi connectivity index (χ0v) is 10.9. The van der Waals surface area contributed by atoms with Crippen molar-refractivity contribution in [1.29, 1.82) is 0 Å². The highest BCUT2D eigenvalue weighted by Crippen LogP contribution is 2.31. The normalized spacial score (nSPS) is 40.9. The molecular formula is C14H27NO. The van der Waals surface area contributed by atoms with Crippen LogP contribution in [0.25, 0.3) is 0 Å². The lowest BCUT2D eigenvalue weighted by Gasteiger charge is -2.37. The molecule has 1 N–H and O–H groups in total. The molecule has 0 radical (unpaired) electrons. The van der Waals surface area contributed by atoms with Gasteiger partial charge < -0.3 is 10.1 Å². The Kier molecular flexibility index (Phi) is 4.66. The second-order valence-corrected chi connectivity index (χ2v) is 5.64. The molecule has 0 aromatic heterocycles. The Labute approximate surface area is 100 Å². The van der Waals surface area contributed by atoms with Crippen molar-refractivity contribution >= 4 is 0 Å². The van der Waals surface area contributed by atoms with Crippen molar-refractivity contribution in [2.24, 2.45) is 11.8 Å². The molecule has 0 bridgehead atoms. The Bertz CT molecular complexity index is 207. The lowest BCUT2D eigenvalue weighted by atomic mass is 9.84. The Morgan fingerprint density at radius 3 is 2.69 bits per heavy atom. The van der Waals surface area contributed by atoms with Crippen LogP contribution in [0.1, 0.15) is 52.4 Å². The SMILES string of the molecule is CCC1CCCCC1OC1CNCCC1C. The molecule has 1 aliphatic carbocycles. The predicted molar refractivity (Wildman–Crippen MR) is 67.6 cm³/mol. The van der Waals surface area contributed by atoms with Crippen LogP contribution in [0.4, 0.5) is 0 Å². The fourth-order valence-electron chi connectivity index (χ4n) is 3.19. The third-order valence-corrected chi connectivity index (χ3v) is 4.47. The standard InChI is InChI=1S/C14H27NO/c1-3-12-6-4-5-7-13(12)16-14-10-15-9-8-11(14)2/h11-15H,3-10H2,1-2H3. The molecule has 0 spiro atoms. The van der Waals surface area contributed by atoms with Gasteiger partial charge in [0, 0.05) is 6.54 Å². The third-order valence-electron chi connectivity index (χ3n) is 4.47. The molecule has 0 aromatic carbocycles. The topological polar surface area (TPSA) is 21.3 Å². The van der Waals surface area contributed by atoms with Gasteiger partial charge >= 0.3 is 0 Å². The van der Waals surface area contributed by atoms with E-state index < -0.39 is 0 Å². The van der Waals surface area contributed by atoms with E-state index in [4.69, 9.17) is 4.74 Å². The van der Waals surface area contributed by atoms with E-state index in [2.05, 4.69) is 19.2 Å². The van der Waals surface area contributed by atoms with E-state index in [-0.39, 0.29) is 0 Å². The summed E-state index contributed by atoms with van der Waals surface area (Å²) in [6.07, 6.45) is 9.04. The maximum absolute atomic E-state index is 6.39. The molecule has 2 aliphatic rings. The lowest BCUT2D eigenvalue weighted by Crippen LogP contribution is -2.44. The summed E-state index contributed by atoms with van der Waals surface area (Å²) in [7, 11) is 0. The summed E-state index contributed by atoms with van der Waals surface area (Å²) in [4.78, 5) is 0. The zero-order valence-electron chi connectivity index (χ0n) is 10.9. The van der Waals surface area contributed by atoms with E-state index >= 15 is 0 Å². The van der Waals surface area contributed by atoms with Crippen molar-refractivity contribution < 1.29 is 4.74 Å². The van der Waals surface area contributed by atoms with Gasteiger partial charge in [-0.2, -0.15) is 0 Å². The van der Waals surface area contributed by atoms with E-state index in [1.807, 2.05) is 0 Å². The quantitative estimate of drug-likeness (QED) is 0.797. The minimum atomic E-state index is 0.464. The first-order valence-electron chi connectivity index (χ1n) is 7.17. The molecule has 16 heavy (non-hydrogen) atoms. The molecule has 1 saturated heterocycles. The number of hydrogen-bond acceptors (Lipinski definition) is 2. The van der Waals surface area contributed by atoms with Crippen molar-refractivity contribution in [2.75, 3.05) is 13.1 Å². The molecule has 2 rings (SSSR count). The Hall–Kier alpha value is -0.0800. The first kappa shape index (κ1) is 12.4. The summed E-state index contributed by atoms with van der Waals surface area (Å²) < 4.78 is 6.39. The van der Waals surface area contributed by atoms with Crippen LogP contribution < -0.4 is 5.32 Å². The van der Waals surface area contributed by atoms with Crippen LogP contribution in [0.2, 0.25) is 0 Å². The molecule has 94 valence electrons. The number of hydrogen-bond donors (Lipinski definition) is 1. The fraction of sp³-hybridized carbons (Fsp3) is 1.00. The van der Waals surface area contributed by atoms with Crippen LogP contribution in [0.15, 0.2) is 0 Å². The van der Waals surface area contributed by atoms with Crippen molar-refractivity contribution in [1.82, 2.24) is 5.32 Å². The maximum Gasteiger partial charge on any atom is 0.0729 e. The molecule has 1 saturated carbocycles. The molecule has 2 fully saturated rings. The molecule has 4 unspecified atom stereocenters. The van der Waals surface area contributed by atoms with E-state index in [1.165, 1.54) is 45.1 Å². The second-order valence-electron chi connectivity index (χ2n) is 5.64. The summed E-state index contributed by atoms with van der Waals surface area (Å²) in [6, 6.07) is 0. The third kappa shape index (κ3) is 2.98. The van der Waals surface area contributed by atoms with Gasteiger partial charge in [0.15, 0.2) is 0 Å². The fourth-order valence-corrected chi connectivity index (χ4v) is 3.19. The lowest BCUT2D eigenvalue weighted by molar-refractivity contribution is -0.0865. The van der Waals surface area contributed by atoms with Crippen molar-refractivity contribution in [2.45, 2.75) is 64.6 Å². The van der Waals surface area contributed by atoms with Crippen LogP contribution in [0.3, 0.4) is 0 Å². The average Bonchev–Trinajstić information content (AvgIpc) is 2.33. The minimum Gasteiger partial charge on any atom is -0.373 e. The summed E-state index contributed by atoms with van der Waals surface area (Å²) in [5.74, 6) is 1.56. The summed E-state index contributed by atoms with van der Waals surface area (Å²) in [5, 5.41) is 3.46. The number of rotatable bonds is 3. The average molecular weight is 225 g/mol. The Morgan fingerprint density at radius 1 is 1.12 bits per heavy atom. The molecular weight excluding hydrogens is 198 g/mol. The highest BCUT2D eigenvalue weighted by Gasteiger charge is 2.30. The molecule has 1 heterocycles. The maximum atomic E-state index is 6.39. The first-order chi connectivity index (χ1) is 7.81. The van der Waals surface area contributed by atoms with Crippen LogP contribution >= 0.6 is 0 Å². The van der Waals surface area contributed by atoms with Gasteiger partial charge in [-0.25, -0.2) is 0 Å². The van der Waals surface area contributed by atoms with Gasteiger partial charge in [-0.15, -0.1) is 0 Å². The summed E-state index contributed by atoms with van der Waals surface area (Å²) >= 11 is 0. The van der Waals surface area contributed by atoms with Gasteiger partial charge in [0.05, 0.1) is 12.2 Å². The predicted octanol–water partition coefficient (Wildman–Crippen LogP) is 2.97. The minimum absolute atomic E-state index is 0.464. The van der Waals surface area contributed by atoms with E-state index in [1.54, 1.807) is 0 Å². The van der Waals surface area contributed by atoms with Crippen LogP contribution in [-0.4, -0.2) is 25.3 Å². The second kappa shape index (κ2) is 6.02. The molecule has 2 nitrogen and oxygen atoms in total. The van der Waals surface area contributed by atoms with E-state index in [9.17, 15) is 0 Å². The van der Waals surface area contributed by atoms with Gasteiger partial charge in [0.1, 0.15) is 0 Å². The number of ether oxygens (including phenoxy) is 1. The largest absolute Gasteiger partial charge is 0.373 e. The van der Waals surface area contributed by atoms with Crippen molar-refractivity contribution in [3.05, 3.63) is 0 Å². The molecule has 4 atom stereocenters. The monoisotopic (exact) mass is 225 g/mol. The van der Waals surface area contributed by atoms with Crippen LogP contribution in [0.5, 0.6) is 0 Å². The smallest absolute Gasteiger partial charge is 0.0729 e. The Balaban J connectivity index is 1.86. The zero-order chi connectivity index (χ0) is 11.4. The molecule has 1 aliphatic heterocycles. The summed E-state index contributed by atoms with van der Waals surface area (Å²) in [6.45, 7) is 6.89. The van der Waals surface area contributed by atoms with Crippen LogP contribution in [0, 0.1) is 11.8 Å². The summed E-state index contributed by atoms with van der Waals surface area (Å²) in [5.41, 5.74) is 0. The van der Waals surface area contributed by atoms with Gasteiger partial charge in [-0.1, -0.05) is 33.1 Å². The molecule has 0 amide bonds. The molecule has 2 heteroatoms. The Morgan fingerprint density at radius 2 is 1.94 bits per heavy atom. The number of nitrogens with one attached hydrogen (secondary N) is 1. The molecule has 0 aromatic rings. The van der Waals surface area contributed by atoms with E-state index in [0.29, 0.717) is 12.2 Å². The van der Waals surface area contributed by atoms with Crippen molar-refractivity contribution in [3.8, 4) is 0 Å².